The Morgan fingerprint density at radius 3 is 2.17 bits per heavy atom. The van der Waals surface area contributed by atoms with Crippen LogP contribution < -0.4 is 0 Å². The molecule has 0 bridgehead atoms. The SMILES string of the molecule is CCCCOC(=O)CCCCC(CCC(=S)CCC)C(=S)CCC. The highest BCUT2D eigenvalue weighted by molar-refractivity contribution is 7.80. The van der Waals surface area contributed by atoms with E-state index in [1.807, 2.05) is 0 Å². The van der Waals surface area contributed by atoms with E-state index in [0.29, 0.717) is 18.9 Å². The lowest BCUT2D eigenvalue weighted by Gasteiger charge is -2.18. The Balaban J connectivity index is 4.10. The third-order valence-corrected chi connectivity index (χ3v) is 5.14. The van der Waals surface area contributed by atoms with Crippen LogP contribution in [0.4, 0.5) is 0 Å². The zero-order valence-corrected chi connectivity index (χ0v) is 17.5. The van der Waals surface area contributed by atoms with E-state index in [1.54, 1.807) is 0 Å². The molecule has 2 nitrogen and oxygen atoms in total. The monoisotopic (exact) mass is 372 g/mol. The number of rotatable bonds is 16. The molecule has 0 aliphatic carbocycles. The van der Waals surface area contributed by atoms with Crippen LogP contribution in [0, 0.1) is 5.92 Å². The standard InChI is InChI=1S/C20H36O2S2/c1-4-7-16-22-20(21)13-9-8-12-17(19(24)11-6-3)14-15-18(23)10-5-2/h17H,4-16H2,1-3H3. The third-order valence-electron chi connectivity index (χ3n) is 4.20. The fourth-order valence-electron chi connectivity index (χ4n) is 2.72. The second-order valence-electron chi connectivity index (χ2n) is 6.56. The smallest absolute Gasteiger partial charge is 0.305 e. The van der Waals surface area contributed by atoms with Gasteiger partial charge in [0.15, 0.2) is 0 Å². The van der Waals surface area contributed by atoms with Gasteiger partial charge in [-0.3, -0.25) is 4.79 Å². The number of thiocarbonyl (C=S) groups is 2. The summed E-state index contributed by atoms with van der Waals surface area (Å²) < 4.78 is 5.20. The lowest BCUT2D eigenvalue weighted by molar-refractivity contribution is -0.143. The van der Waals surface area contributed by atoms with Gasteiger partial charge in [0.25, 0.3) is 0 Å². The molecule has 0 heterocycles. The van der Waals surface area contributed by atoms with Crippen molar-refractivity contribution in [3.63, 3.8) is 0 Å². The number of hydrogen-bond acceptors (Lipinski definition) is 4. The molecule has 0 fully saturated rings. The van der Waals surface area contributed by atoms with Crippen molar-refractivity contribution in [1.29, 1.82) is 0 Å². The van der Waals surface area contributed by atoms with Gasteiger partial charge in [0.2, 0.25) is 0 Å². The normalized spacial score (nSPS) is 12.0. The summed E-state index contributed by atoms with van der Waals surface area (Å²) in [5.41, 5.74) is 0. The van der Waals surface area contributed by atoms with Gasteiger partial charge < -0.3 is 4.74 Å². The minimum atomic E-state index is -0.0553. The van der Waals surface area contributed by atoms with Crippen LogP contribution in [0.15, 0.2) is 0 Å². The van der Waals surface area contributed by atoms with Gasteiger partial charge in [0, 0.05) is 6.42 Å². The zero-order valence-electron chi connectivity index (χ0n) is 15.9. The van der Waals surface area contributed by atoms with Crippen LogP contribution in [0.3, 0.4) is 0 Å². The topological polar surface area (TPSA) is 26.3 Å². The molecule has 0 N–H and O–H groups in total. The molecule has 0 rings (SSSR count). The van der Waals surface area contributed by atoms with E-state index in [2.05, 4.69) is 20.8 Å². The molecule has 0 aliphatic heterocycles. The van der Waals surface area contributed by atoms with Crippen LogP contribution in [0.25, 0.3) is 0 Å². The van der Waals surface area contributed by atoms with E-state index in [1.165, 1.54) is 9.73 Å². The Kier molecular flexibility index (Phi) is 15.9. The predicted octanol–water partition coefficient (Wildman–Crippen LogP) is 6.63. The van der Waals surface area contributed by atoms with Gasteiger partial charge in [-0.25, -0.2) is 0 Å². The van der Waals surface area contributed by atoms with Gasteiger partial charge in [0.1, 0.15) is 0 Å². The summed E-state index contributed by atoms with van der Waals surface area (Å²) >= 11 is 11.1. The number of carbonyl (C=O) groups excluding carboxylic acids is 1. The molecular formula is C20H36O2S2. The van der Waals surface area contributed by atoms with Crippen molar-refractivity contribution in [2.75, 3.05) is 6.61 Å². The van der Waals surface area contributed by atoms with Gasteiger partial charge in [-0.2, -0.15) is 0 Å². The maximum Gasteiger partial charge on any atom is 0.305 e. The van der Waals surface area contributed by atoms with Crippen LogP contribution in [0.2, 0.25) is 0 Å². The third kappa shape index (κ3) is 13.0. The molecule has 24 heavy (non-hydrogen) atoms. The first-order chi connectivity index (χ1) is 11.5. The minimum absolute atomic E-state index is 0.0553. The van der Waals surface area contributed by atoms with Gasteiger partial charge in [-0.1, -0.05) is 70.9 Å². The van der Waals surface area contributed by atoms with Gasteiger partial charge >= 0.3 is 5.97 Å². The second kappa shape index (κ2) is 16.1. The van der Waals surface area contributed by atoms with Crippen molar-refractivity contribution < 1.29 is 9.53 Å². The highest BCUT2D eigenvalue weighted by Crippen LogP contribution is 2.21. The average Bonchev–Trinajstić information content (AvgIpc) is 2.54. The van der Waals surface area contributed by atoms with Crippen LogP contribution in [-0.2, 0) is 9.53 Å². The van der Waals surface area contributed by atoms with Gasteiger partial charge in [-0.05, 0) is 60.6 Å². The highest BCUT2D eigenvalue weighted by Gasteiger charge is 2.15. The van der Waals surface area contributed by atoms with Crippen molar-refractivity contribution in [3.8, 4) is 0 Å². The van der Waals surface area contributed by atoms with Crippen molar-refractivity contribution in [2.45, 2.75) is 97.8 Å². The Bertz CT molecular complexity index is 367. The summed E-state index contributed by atoms with van der Waals surface area (Å²) in [5.74, 6) is 0.422. The highest BCUT2D eigenvalue weighted by atomic mass is 32.1. The Hall–Kier alpha value is -0.350. The molecule has 1 unspecified atom stereocenters. The van der Waals surface area contributed by atoms with Crippen LogP contribution in [-0.4, -0.2) is 22.3 Å². The maximum atomic E-state index is 11.6. The lowest BCUT2D eigenvalue weighted by atomic mass is 9.90. The molecule has 0 radical (unpaired) electrons. The largest absolute Gasteiger partial charge is 0.466 e. The molecule has 140 valence electrons. The van der Waals surface area contributed by atoms with E-state index in [4.69, 9.17) is 29.2 Å². The molecule has 0 spiro atoms. The zero-order chi connectivity index (χ0) is 18.2. The second-order valence-corrected chi connectivity index (χ2v) is 7.66. The maximum absolute atomic E-state index is 11.6. The summed E-state index contributed by atoms with van der Waals surface area (Å²) in [5, 5.41) is 0. The van der Waals surface area contributed by atoms with Crippen molar-refractivity contribution in [2.24, 2.45) is 5.92 Å². The van der Waals surface area contributed by atoms with Crippen molar-refractivity contribution in [1.82, 2.24) is 0 Å². The molecule has 0 aromatic carbocycles. The summed E-state index contributed by atoms with van der Waals surface area (Å²) in [4.78, 5) is 14.0. The number of hydrogen-bond donors (Lipinski definition) is 0. The minimum Gasteiger partial charge on any atom is -0.466 e. The number of unbranched alkanes of at least 4 members (excludes halogenated alkanes) is 2. The van der Waals surface area contributed by atoms with Crippen LogP contribution in [0.1, 0.15) is 97.8 Å². The Morgan fingerprint density at radius 1 is 0.833 bits per heavy atom. The van der Waals surface area contributed by atoms with E-state index in [-0.39, 0.29) is 5.97 Å². The first kappa shape index (κ1) is 23.6. The fourth-order valence-corrected chi connectivity index (χ4v) is 3.48. The Morgan fingerprint density at radius 2 is 1.54 bits per heavy atom. The first-order valence-electron chi connectivity index (χ1n) is 9.75. The summed E-state index contributed by atoms with van der Waals surface area (Å²) in [6.45, 7) is 7.01. The average molecular weight is 373 g/mol. The molecule has 4 heteroatoms. The molecule has 0 amide bonds. The quantitative estimate of drug-likeness (QED) is 0.173. The van der Waals surface area contributed by atoms with E-state index < -0.39 is 0 Å². The van der Waals surface area contributed by atoms with Crippen molar-refractivity contribution in [3.05, 3.63) is 0 Å². The molecule has 0 saturated heterocycles. The van der Waals surface area contributed by atoms with Crippen molar-refractivity contribution >= 4 is 40.1 Å². The summed E-state index contributed by atoms with van der Waals surface area (Å²) in [6, 6.07) is 0. The van der Waals surface area contributed by atoms with Gasteiger partial charge in [-0.15, -0.1) is 0 Å². The molecule has 0 saturated carbocycles. The van der Waals surface area contributed by atoms with E-state index in [0.717, 1.165) is 70.6 Å². The van der Waals surface area contributed by atoms with Gasteiger partial charge in [0.05, 0.1) is 6.61 Å². The number of ether oxygens (including phenoxy) is 1. The molecular weight excluding hydrogens is 336 g/mol. The van der Waals surface area contributed by atoms with E-state index >= 15 is 0 Å². The number of esters is 1. The predicted molar refractivity (Wildman–Crippen MR) is 112 cm³/mol. The Labute approximate surface area is 160 Å². The summed E-state index contributed by atoms with van der Waals surface area (Å²) in [7, 11) is 0. The molecule has 0 aliphatic rings. The first-order valence-corrected chi connectivity index (χ1v) is 10.6. The molecule has 0 aromatic rings. The molecule has 0 aromatic heterocycles. The van der Waals surface area contributed by atoms with E-state index in [9.17, 15) is 4.79 Å². The number of carbonyl (C=O) groups is 1. The van der Waals surface area contributed by atoms with Crippen LogP contribution >= 0.6 is 24.4 Å². The van der Waals surface area contributed by atoms with Crippen LogP contribution in [0.5, 0.6) is 0 Å². The molecule has 1 atom stereocenters. The lowest BCUT2D eigenvalue weighted by Crippen LogP contribution is -2.14. The summed E-state index contributed by atoms with van der Waals surface area (Å²) in [6.07, 6.45) is 12.0. The fraction of sp³-hybridized carbons (Fsp3) is 0.850.